The molecule has 3 heterocycles. The molecule has 2 aromatic heterocycles. The van der Waals surface area contributed by atoms with E-state index in [9.17, 15) is 18.0 Å². The number of aromatic nitrogens is 1. The fraction of sp³-hybridized carbons (Fsp3) is 0.375. The van der Waals surface area contributed by atoms with Gasteiger partial charge in [-0.25, -0.2) is 4.98 Å². The average molecular weight is 339 g/mol. The first-order chi connectivity index (χ1) is 11.4. The maximum Gasteiger partial charge on any atom is 0.419 e. The number of amides is 1. The standard InChI is InChI=1S/C16H16F3N3O2/c17-16(18,19)13-2-1-6-20-14(13)21-12-3-7-22(8-4-12)15(23)11-5-9-24-10-11/h1-2,5-6,9-10,12H,3-4,7-8H2,(H,20,21). The molecule has 1 aliphatic rings. The second kappa shape index (κ2) is 6.54. The van der Waals surface area contributed by atoms with E-state index in [0.717, 1.165) is 6.07 Å². The number of nitrogens with one attached hydrogen (secondary N) is 1. The van der Waals surface area contributed by atoms with Crippen molar-refractivity contribution >= 4 is 11.7 Å². The van der Waals surface area contributed by atoms with Gasteiger partial charge in [-0.3, -0.25) is 4.79 Å². The predicted molar refractivity (Wildman–Crippen MR) is 80.5 cm³/mol. The molecule has 0 unspecified atom stereocenters. The molecule has 1 fully saturated rings. The monoisotopic (exact) mass is 339 g/mol. The molecule has 1 N–H and O–H groups in total. The number of rotatable bonds is 3. The molecule has 0 radical (unpaired) electrons. The highest BCUT2D eigenvalue weighted by Crippen LogP contribution is 2.34. The van der Waals surface area contributed by atoms with E-state index in [1.807, 2.05) is 0 Å². The van der Waals surface area contributed by atoms with Crippen molar-refractivity contribution in [1.29, 1.82) is 0 Å². The Bertz CT molecular complexity index is 693. The third-order valence-corrected chi connectivity index (χ3v) is 4.00. The number of furan rings is 1. The van der Waals surface area contributed by atoms with Gasteiger partial charge in [0.05, 0.1) is 17.4 Å². The second-order valence-electron chi connectivity index (χ2n) is 5.62. The van der Waals surface area contributed by atoms with Crippen molar-refractivity contribution in [2.24, 2.45) is 0 Å². The van der Waals surface area contributed by atoms with Gasteiger partial charge in [0.15, 0.2) is 0 Å². The molecule has 1 saturated heterocycles. The topological polar surface area (TPSA) is 58.4 Å². The lowest BCUT2D eigenvalue weighted by Crippen LogP contribution is -2.42. The van der Waals surface area contributed by atoms with Crippen molar-refractivity contribution in [2.75, 3.05) is 18.4 Å². The molecule has 0 aromatic carbocycles. The highest BCUT2D eigenvalue weighted by molar-refractivity contribution is 5.93. The van der Waals surface area contributed by atoms with Crippen molar-refractivity contribution < 1.29 is 22.4 Å². The molecule has 128 valence electrons. The number of anilines is 1. The highest BCUT2D eigenvalue weighted by atomic mass is 19.4. The third-order valence-electron chi connectivity index (χ3n) is 4.00. The molecule has 0 saturated carbocycles. The number of carbonyl (C=O) groups excluding carboxylic acids is 1. The first-order valence-corrected chi connectivity index (χ1v) is 7.55. The number of likely N-dealkylation sites (tertiary alicyclic amines) is 1. The first kappa shape index (κ1) is 16.4. The van der Waals surface area contributed by atoms with Crippen LogP contribution >= 0.6 is 0 Å². The SMILES string of the molecule is O=C(c1ccoc1)N1CCC(Nc2ncccc2C(F)(F)F)CC1. The molecule has 0 aliphatic carbocycles. The zero-order valence-electron chi connectivity index (χ0n) is 12.7. The molecule has 2 aromatic rings. The smallest absolute Gasteiger partial charge is 0.419 e. The first-order valence-electron chi connectivity index (χ1n) is 7.55. The van der Waals surface area contributed by atoms with E-state index in [4.69, 9.17) is 4.42 Å². The molecular weight excluding hydrogens is 323 g/mol. The summed E-state index contributed by atoms with van der Waals surface area (Å²) in [5.41, 5.74) is -0.299. The van der Waals surface area contributed by atoms with Gasteiger partial charge in [0.2, 0.25) is 0 Å². The van der Waals surface area contributed by atoms with Gasteiger partial charge < -0.3 is 14.6 Å². The quantitative estimate of drug-likeness (QED) is 0.931. The van der Waals surface area contributed by atoms with Crippen LogP contribution in [0.1, 0.15) is 28.8 Å². The molecule has 24 heavy (non-hydrogen) atoms. The lowest BCUT2D eigenvalue weighted by molar-refractivity contribution is -0.137. The van der Waals surface area contributed by atoms with Crippen LogP contribution in [0.15, 0.2) is 41.3 Å². The van der Waals surface area contributed by atoms with Gasteiger partial charge in [-0.1, -0.05) is 0 Å². The molecule has 3 rings (SSSR count). The van der Waals surface area contributed by atoms with Crippen LogP contribution in [0.3, 0.4) is 0 Å². The Morgan fingerprint density at radius 3 is 2.67 bits per heavy atom. The van der Waals surface area contributed by atoms with Crippen molar-refractivity contribution in [3.8, 4) is 0 Å². The zero-order chi connectivity index (χ0) is 17.2. The lowest BCUT2D eigenvalue weighted by atomic mass is 10.0. The van der Waals surface area contributed by atoms with Crippen molar-refractivity contribution in [2.45, 2.75) is 25.1 Å². The summed E-state index contributed by atoms with van der Waals surface area (Å²) < 4.78 is 43.9. The van der Waals surface area contributed by atoms with E-state index in [1.165, 1.54) is 24.8 Å². The van der Waals surface area contributed by atoms with Gasteiger partial charge in [-0.2, -0.15) is 13.2 Å². The van der Waals surface area contributed by atoms with Crippen LogP contribution in [-0.4, -0.2) is 34.9 Å². The minimum Gasteiger partial charge on any atom is -0.472 e. The number of piperidine rings is 1. The van der Waals surface area contributed by atoms with E-state index < -0.39 is 11.7 Å². The van der Waals surface area contributed by atoms with Crippen LogP contribution in [0.2, 0.25) is 0 Å². The Kier molecular flexibility index (Phi) is 4.46. The van der Waals surface area contributed by atoms with Gasteiger partial charge in [0, 0.05) is 25.3 Å². The molecule has 1 amide bonds. The fourth-order valence-electron chi connectivity index (χ4n) is 2.74. The third kappa shape index (κ3) is 3.52. The average Bonchev–Trinajstić information content (AvgIpc) is 3.09. The van der Waals surface area contributed by atoms with Crippen LogP contribution in [0, 0.1) is 0 Å². The van der Waals surface area contributed by atoms with Gasteiger partial charge in [-0.15, -0.1) is 0 Å². The number of nitrogens with zero attached hydrogens (tertiary/aromatic N) is 2. The Morgan fingerprint density at radius 1 is 1.29 bits per heavy atom. The molecular formula is C16H16F3N3O2. The van der Waals surface area contributed by atoms with Gasteiger partial charge in [0.25, 0.3) is 5.91 Å². The predicted octanol–water partition coefficient (Wildman–Crippen LogP) is 3.41. The van der Waals surface area contributed by atoms with Gasteiger partial charge in [-0.05, 0) is 31.0 Å². The second-order valence-corrected chi connectivity index (χ2v) is 5.62. The van der Waals surface area contributed by atoms with Crippen LogP contribution in [0.25, 0.3) is 0 Å². The highest BCUT2D eigenvalue weighted by Gasteiger charge is 2.35. The molecule has 0 atom stereocenters. The number of halogens is 3. The molecule has 8 heteroatoms. The van der Waals surface area contributed by atoms with E-state index >= 15 is 0 Å². The number of hydrogen-bond donors (Lipinski definition) is 1. The summed E-state index contributed by atoms with van der Waals surface area (Å²) in [7, 11) is 0. The Morgan fingerprint density at radius 2 is 2.04 bits per heavy atom. The summed E-state index contributed by atoms with van der Waals surface area (Å²) in [6, 6.07) is 3.71. The molecule has 5 nitrogen and oxygen atoms in total. The van der Waals surface area contributed by atoms with Crippen molar-refractivity contribution in [3.63, 3.8) is 0 Å². The molecule has 0 spiro atoms. The Labute approximate surface area is 136 Å². The Balaban J connectivity index is 1.61. The number of alkyl halides is 3. The lowest BCUT2D eigenvalue weighted by Gasteiger charge is -2.32. The normalized spacial score (nSPS) is 16.2. The maximum atomic E-state index is 13.0. The van der Waals surface area contributed by atoms with Crippen LogP contribution in [0.5, 0.6) is 0 Å². The van der Waals surface area contributed by atoms with E-state index in [-0.39, 0.29) is 17.8 Å². The van der Waals surface area contributed by atoms with Gasteiger partial charge >= 0.3 is 6.18 Å². The number of carbonyl (C=O) groups is 1. The van der Waals surface area contributed by atoms with Crippen molar-refractivity contribution in [1.82, 2.24) is 9.88 Å². The summed E-state index contributed by atoms with van der Waals surface area (Å²) in [4.78, 5) is 17.7. The number of pyridine rings is 1. The van der Waals surface area contributed by atoms with Crippen LogP contribution in [-0.2, 0) is 6.18 Å². The minimum atomic E-state index is -4.45. The fourth-order valence-corrected chi connectivity index (χ4v) is 2.74. The summed E-state index contributed by atoms with van der Waals surface area (Å²) >= 11 is 0. The van der Waals surface area contributed by atoms with Crippen LogP contribution in [0.4, 0.5) is 19.0 Å². The summed E-state index contributed by atoms with van der Waals surface area (Å²) in [5, 5.41) is 2.86. The Hall–Kier alpha value is -2.51. The summed E-state index contributed by atoms with van der Waals surface area (Å²) in [5.74, 6) is -0.291. The maximum absolute atomic E-state index is 13.0. The number of hydrogen-bond acceptors (Lipinski definition) is 4. The van der Waals surface area contributed by atoms with Crippen LogP contribution < -0.4 is 5.32 Å². The minimum absolute atomic E-state index is 0.129. The molecule has 0 bridgehead atoms. The molecule has 1 aliphatic heterocycles. The van der Waals surface area contributed by atoms with E-state index in [1.54, 1.807) is 11.0 Å². The summed E-state index contributed by atoms with van der Waals surface area (Å²) in [6.45, 7) is 0.936. The zero-order valence-corrected chi connectivity index (χ0v) is 12.7. The summed E-state index contributed by atoms with van der Waals surface area (Å²) in [6.07, 6.45) is 0.802. The van der Waals surface area contributed by atoms with Gasteiger partial charge in [0.1, 0.15) is 12.1 Å². The van der Waals surface area contributed by atoms with E-state index in [2.05, 4.69) is 10.3 Å². The van der Waals surface area contributed by atoms with Crippen molar-refractivity contribution in [3.05, 3.63) is 48.0 Å². The largest absolute Gasteiger partial charge is 0.472 e. The van der Waals surface area contributed by atoms with E-state index in [0.29, 0.717) is 31.5 Å².